The molecule has 0 N–H and O–H groups in total. The predicted molar refractivity (Wildman–Crippen MR) is 83.5 cm³/mol. The first-order valence-corrected chi connectivity index (χ1v) is 7.59. The van der Waals surface area contributed by atoms with Gasteiger partial charge < -0.3 is 9.80 Å². The first-order valence-electron chi connectivity index (χ1n) is 7.59. The summed E-state index contributed by atoms with van der Waals surface area (Å²) in [6, 6.07) is 8.20. The van der Waals surface area contributed by atoms with E-state index in [1.807, 2.05) is 30.0 Å². The molecule has 0 aliphatic carbocycles. The van der Waals surface area contributed by atoms with Crippen LogP contribution < -0.4 is 4.90 Å². The topological polar surface area (TPSA) is 26.8 Å². The largest absolute Gasteiger partial charge is 0.406 e. The molecule has 1 aromatic carbocycles. The standard InChI is InChI=1S/C16H22F3N3O/c1-13-4-3-5-14(10-13)22-8-6-21(7-9-22)11-15(23)20(2)12-16(17,18)19/h3-5,10H,6-9,11-12H2,1-2H3. The van der Waals surface area contributed by atoms with Crippen molar-refractivity contribution in [2.24, 2.45) is 0 Å². The van der Waals surface area contributed by atoms with Gasteiger partial charge in [0, 0.05) is 38.9 Å². The molecule has 0 bridgehead atoms. The molecule has 0 atom stereocenters. The SMILES string of the molecule is Cc1cccc(N2CCN(CC(=O)N(C)CC(F)(F)F)CC2)c1. The average molecular weight is 329 g/mol. The number of amides is 1. The average Bonchev–Trinajstić information content (AvgIpc) is 2.46. The zero-order valence-corrected chi connectivity index (χ0v) is 13.4. The van der Waals surface area contributed by atoms with E-state index in [4.69, 9.17) is 0 Å². The Morgan fingerprint density at radius 3 is 2.43 bits per heavy atom. The summed E-state index contributed by atoms with van der Waals surface area (Å²) in [5.74, 6) is -0.494. The van der Waals surface area contributed by atoms with Crippen LogP contribution in [-0.4, -0.2) is 68.2 Å². The van der Waals surface area contributed by atoms with Crippen LogP contribution in [0.5, 0.6) is 0 Å². The van der Waals surface area contributed by atoms with Crippen molar-refractivity contribution in [2.45, 2.75) is 13.1 Å². The summed E-state index contributed by atoms with van der Waals surface area (Å²) >= 11 is 0. The van der Waals surface area contributed by atoms with Crippen molar-refractivity contribution in [1.82, 2.24) is 9.80 Å². The number of carbonyl (C=O) groups excluding carboxylic acids is 1. The summed E-state index contributed by atoms with van der Waals surface area (Å²) in [5, 5.41) is 0. The summed E-state index contributed by atoms with van der Waals surface area (Å²) in [7, 11) is 1.19. The van der Waals surface area contributed by atoms with Crippen LogP contribution in [0.1, 0.15) is 5.56 Å². The third-order valence-corrected chi connectivity index (χ3v) is 3.94. The Kier molecular flexibility index (Phi) is 5.51. The molecule has 23 heavy (non-hydrogen) atoms. The maximum absolute atomic E-state index is 12.3. The Morgan fingerprint density at radius 2 is 1.87 bits per heavy atom. The van der Waals surface area contributed by atoms with Crippen LogP contribution in [-0.2, 0) is 4.79 Å². The molecule has 0 radical (unpaired) electrons. The summed E-state index contributed by atoms with van der Waals surface area (Å²) in [5.41, 5.74) is 2.33. The van der Waals surface area contributed by atoms with Gasteiger partial charge >= 0.3 is 6.18 Å². The molecule has 1 heterocycles. The molecule has 1 aromatic rings. The van der Waals surface area contributed by atoms with Gasteiger partial charge in [-0.1, -0.05) is 12.1 Å². The predicted octanol–water partition coefficient (Wildman–Crippen LogP) is 2.14. The van der Waals surface area contributed by atoms with Gasteiger partial charge in [-0.05, 0) is 24.6 Å². The van der Waals surface area contributed by atoms with E-state index in [-0.39, 0.29) is 6.54 Å². The van der Waals surface area contributed by atoms with E-state index in [2.05, 4.69) is 11.0 Å². The number of nitrogens with zero attached hydrogens (tertiary/aromatic N) is 3. The van der Waals surface area contributed by atoms with Crippen molar-refractivity contribution in [3.63, 3.8) is 0 Å². The fraction of sp³-hybridized carbons (Fsp3) is 0.562. The zero-order chi connectivity index (χ0) is 17.0. The van der Waals surface area contributed by atoms with E-state index in [1.165, 1.54) is 12.6 Å². The molecular weight excluding hydrogens is 307 g/mol. The lowest BCUT2D eigenvalue weighted by molar-refractivity contribution is -0.159. The van der Waals surface area contributed by atoms with Gasteiger partial charge in [-0.2, -0.15) is 13.2 Å². The van der Waals surface area contributed by atoms with Crippen molar-refractivity contribution < 1.29 is 18.0 Å². The fourth-order valence-electron chi connectivity index (χ4n) is 2.66. The molecule has 1 aliphatic heterocycles. The molecule has 4 nitrogen and oxygen atoms in total. The smallest absolute Gasteiger partial charge is 0.369 e. The molecule has 1 aliphatic rings. The number of aryl methyl sites for hydroxylation is 1. The highest BCUT2D eigenvalue weighted by atomic mass is 19.4. The van der Waals surface area contributed by atoms with Crippen LogP contribution in [0.3, 0.4) is 0 Å². The number of likely N-dealkylation sites (N-methyl/N-ethyl adjacent to an activating group) is 1. The van der Waals surface area contributed by atoms with Gasteiger partial charge in [-0.3, -0.25) is 9.69 Å². The number of rotatable bonds is 4. The lowest BCUT2D eigenvalue weighted by Crippen LogP contribution is -2.50. The molecule has 1 fully saturated rings. The molecule has 0 aromatic heterocycles. The lowest BCUT2D eigenvalue weighted by atomic mass is 10.2. The maximum Gasteiger partial charge on any atom is 0.406 e. The van der Waals surface area contributed by atoms with Crippen molar-refractivity contribution in [2.75, 3.05) is 51.2 Å². The van der Waals surface area contributed by atoms with E-state index >= 15 is 0 Å². The highest BCUT2D eigenvalue weighted by Gasteiger charge is 2.31. The van der Waals surface area contributed by atoms with Gasteiger partial charge in [0.05, 0.1) is 6.54 Å². The highest BCUT2D eigenvalue weighted by molar-refractivity contribution is 5.78. The second-order valence-corrected chi connectivity index (χ2v) is 5.97. The first-order chi connectivity index (χ1) is 10.7. The molecule has 1 saturated heterocycles. The zero-order valence-electron chi connectivity index (χ0n) is 13.4. The summed E-state index contributed by atoms with van der Waals surface area (Å²) in [4.78, 5) is 16.7. The van der Waals surface area contributed by atoms with Crippen LogP contribution >= 0.6 is 0 Å². The molecule has 0 saturated carbocycles. The number of benzene rings is 1. The summed E-state index contributed by atoms with van der Waals surface area (Å²) in [6.07, 6.45) is -4.35. The van der Waals surface area contributed by atoms with Crippen molar-refractivity contribution in [1.29, 1.82) is 0 Å². The Balaban J connectivity index is 1.81. The number of anilines is 1. The summed E-state index contributed by atoms with van der Waals surface area (Å²) < 4.78 is 36.9. The van der Waals surface area contributed by atoms with Gasteiger partial charge in [0.1, 0.15) is 6.54 Å². The molecule has 0 unspecified atom stereocenters. The molecular formula is C16H22F3N3O. The molecule has 128 valence electrons. The van der Waals surface area contributed by atoms with Crippen LogP contribution in [0, 0.1) is 6.92 Å². The number of piperazine rings is 1. The number of hydrogen-bond acceptors (Lipinski definition) is 3. The van der Waals surface area contributed by atoms with Gasteiger partial charge in [-0.15, -0.1) is 0 Å². The van der Waals surface area contributed by atoms with E-state index in [1.54, 1.807) is 0 Å². The number of halogens is 3. The van der Waals surface area contributed by atoms with Crippen molar-refractivity contribution >= 4 is 11.6 Å². The van der Waals surface area contributed by atoms with E-state index in [0.717, 1.165) is 23.7 Å². The molecule has 0 spiro atoms. The second kappa shape index (κ2) is 7.21. The van der Waals surface area contributed by atoms with Crippen molar-refractivity contribution in [3.8, 4) is 0 Å². The van der Waals surface area contributed by atoms with Crippen LogP contribution in [0.4, 0.5) is 18.9 Å². The molecule has 2 rings (SSSR count). The third-order valence-electron chi connectivity index (χ3n) is 3.94. The maximum atomic E-state index is 12.3. The molecule has 1 amide bonds. The normalized spacial score (nSPS) is 16.5. The lowest BCUT2D eigenvalue weighted by Gasteiger charge is -2.36. The van der Waals surface area contributed by atoms with Crippen LogP contribution in [0.25, 0.3) is 0 Å². The highest BCUT2D eigenvalue weighted by Crippen LogP contribution is 2.18. The Morgan fingerprint density at radius 1 is 1.22 bits per heavy atom. The fourth-order valence-corrected chi connectivity index (χ4v) is 2.66. The van der Waals surface area contributed by atoms with Crippen molar-refractivity contribution in [3.05, 3.63) is 29.8 Å². The van der Waals surface area contributed by atoms with Crippen LogP contribution in [0.2, 0.25) is 0 Å². The number of alkyl halides is 3. The monoisotopic (exact) mass is 329 g/mol. The molecule has 7 heteroatoms. The number of hydrogen-bond donors (Lipinski definition) is 0. The number of carbonyl (C=O) groups is 1. The van der Waals surface area contributed by atoms with E-state index in [0.29, 0.717) is 13.1 Å². The Bertz CT molecular complexity index is 540. The van der Waals surface area contributed by atoms with Gasteiger partial charge in [0.2, 0.25) is 5.91 Å². The minimum Gasteiger partial charge on any atom is -0.369 e. The van der Waals surface area contributed by atoms with Gasteiger partial charge in [0.25, 0.3) is 0 Å². The van der Waals surface area contributed by atoms with Crippen LogP contribution in [0.15, 0.2) is 24.3 Å². The minimum absolute atomic E-state index is 0.0359. The Hall–Kier alpha value is -1.76. The second-order valence-electron chi connectivity index (χ2n) is 5.97. The summed E-state index contributed by atoms with van der Waals surface area (Å²) in [6.45, 7) is 3.73. The first kappa shape index (κ1) is 17.6. The van der Waals surface area contributed by atoms with Gasteiger partial charge in [0.15, 0.2) is 0 Å². The van der Waals surface area contributed by atoms with E-state index in [9.17, 15) is 18.0 Å². The third kappa shape index (κ3) is 5.42. The van der Waals surface area contributed by atoms with Gasteiger partial charge in [-0.25, -0.2) is 0 Å². The Labute approximate surface area is 134 Å². The minimum atomic E-state index is -4.35. The van der Waals surface area contributed by atoms with E-state index < -0.39 is 18.6 Å². The quantitative estimate of drug-likeness (QED) is 0.847.